The van der Waals surface area contributed by atoms with E-state index in [-0.39, 0.29) is 12.5 Å². The molecule has 2 aromatic heterocycles. The van der Waals surface area contributed by atoms with Crippen LogP contribution >= 0.6 is 0 Å². The minimum atomic E-state index is -0.543. The Morgan fingerprint density at radius 1 is 1.06 bits per heavy atom. The summed E-state index contributed by atoms with van der Waals surface area (Å²) in [6.45, 7) is 1.29. The third kappa shape index (κ3) is 3.73. The lowest BCUT2D eigenvalue weighted by atomic mass is 9.94. The van der Waals surface area contributed by atoms with Gasteiger partial charge in [-0.05, 0) is 43.0 Å². The van der Waals surface area contributed by atoms with Gasteiger partial charge < -0.3 is 19.7 Å². The highest BCUT2D eigenvalue weighted by Gasteiger charge is 2.29. The average Bonchev–Trinajstić information content (AvgIpc) is 3.50. The van der Waals surface area contributed by atoms with Gasteiger partial charge in [0.2, 0.25) is 0 Å². The van der Waals surface area contributed by atoms with Crippen molar-refractivity contribution < 1.29 is 10.2 Å². The Labute approximate surface area is 193 Å². The number of benzene rings is 1. The number of hydrogen-bond acceptors (Lipinski definition) is 6. The minimum Gasteiger partial charge on any atom is -0.396 e. The summed E-state index contributed by atoms with van der Waals surface area (Å²) in [5, 5.41) is 19.9. The van der Waals surface area contributed by atoms with E-state index in [0.717, 1.165) is 53.2 Å². The molecule has 0 unspecified atom stereocenters. The number of aliphatic hydroxyl groups excluding tert-OH is 2. The molecular formula is C26H31N5O2. The lowest BCUT2D eigenvalue weighted by Crippen LogP contribution is -2.45. The molecule has 1 saturated carbocycles. The number of imidazole rings is 1. The van der Waals surface area contributed by atoms with Crippen molar-refractivity contribution in [2.45, 2.75) is 57.1 Å². The number of anilines is 1. The van der Waals surface area contributed by atoms with Gasteiger partial charge >= 0.3 is 0 Å². The standard InChI is InChI=1S/C26H31N5O2/c32-15-18-9-11-30(14-24(18)33)25-13-20(26-21(29-25)8-10-27-26)17-6-7-23-22(12-17)28-16-31(23)19-4-2-1-3-5-19/h6-7,10,12-13,16,18-19,24,32-33H,1-5,8-9,11,14-15H2/t18-,24+/m1/s1. The molecule has 172 valence electrons. The molecule has 3 aromatic rings. The van der Waals surface area contributed by atoms with Gasteiger partial charge in [-0.3, -0.25) is 4.99 Å². The van der Waals surface area contributed by atoms with E-state index in [1.165, 1.54) is 37.6 Å². The summed E-state index contributed by atoms with van der Waals surface area (Å²) in [5.74, 6) is 0.817. The van der Waals surface area contributed by atoms with Crippen LogP contribution in [0.15, 0.2) is 35.6 Å². The predicted molar refractivity (Wildman–Crippen MR) is 130 cm³/mol. The van der Waals surface area contributed by atoms with E-state index < -0.39 is 6.10 Å². The van der Waals surface area contributed by atoms with Crippen molar-refractivity contribution in [3.8, 4) is 11.1 Å². The second-order valence-corrected chi connectivity index (χ2v) is 9.73. The average molecular weight is 446 g/mol. The second-order valence-electron chi connectivity index (χ2n) is 9.73. The van der Waals surface area contributed by atoms with Crippen molar-refractivity contribution >= 4 is 28.8 Å². The van der Waals surface area contributed by atoms with Gasteiger partial charge in [-0.2, -0.15) is 0 Å². The van der Waals surface area contributed by atoms with Crippen molar-refractivity contribution in [2.75, 3.05) is 24.6 Å². The molecule has 1 saturated heterocycles. The zero-order valence-corrected chi connectivity index (χ0v) is 18.9. The van der Waals surface area contributed by atoms with Crippen molar-refractivity contribution in [1.29, 1.82) is 0 Å². The molecule has 0 radical (unpaired) electrons. The van der Waals surface area contributed by atoms with Crippen LogP contribution in [0.5, 0.6) is 0 Å². The van der Waals surface area contributed by atoms with Crippen LogP contribution in [0.25, 0.3) is 22.2 Å². The summed E-state index contributed by atoms with van der Waals surface area (Å²) in [4.78, 5) is 16.4. The SMILES string of the molecule is OC[C@H]1CCN(c2cc(-c3ccc4c(c3)ncn4C3CCCCC3)c3c(n2)CC=N3)C[C@@H]1O. The van der Waals surface area contributed by atoms with E-state index in [2.05, 4.69) is 38.7 Å². The summed E-state index contributed by atoms with van der Waals surface area (Å²) in [6.07, 6.45) is 11.3. The van der Waals surface area contributed by atoms with Gasteiger partial charge in [0.05, 0.1) is 34.8 Å². The zero-order chi connectivity index (χ0) is 22.4. The van der Waals surface area contributed by atoms with Gasteiger partial charge in [0, 0.05) is 49.9 Å². The number of aliphatic imine (C=N–C) groups is 1. The molecule has 2 N–H and O–H groups in total. The maximum absolute atomic E-state index is 10.4. The first-order valence-corrected chi connectivity index (χ1v) is 12.3. The molecule has 6 rings (SSSR count). The first-order chi connectivity index (χ1) is 16.2. The maximum atomic E-state index is 10.4. The Morgan fingerprint density at radius 3 is 2.76 bits per heavy atom. The van der Waals surface area contributed by atoms with Crippen molar-refractivity contribution in [3.05, 3.63) is 36.3 Å². The van der Waals surface area contributed by atoms with E-state index in [1.807, 2.05) is 12.5 Å². The number of fused-ring (bicyclic) bond motifs is 2. The normalized spacial score (nSPS) is 23.4. The topological polar surface area (TPSA) is 86.8 Å². The number of piperidine rings is 1. The lowest BCUT2D eigenvalue weighted by molar-refractivity contribution is 0.0546. The fourth-order valence-corrected chi connectivity index (χ4v) is 5.72. The molecular weight excluding hydrogens is 414 g/mol. The van der Waals surface area contributed by atoms with Gasteiger partial charge in [0.25, 0.3) is 0 Å². The third-order valence-electron chi connectivity index (χ3n) is 7.69. The first kappa shape index (κ1) is 20.8. The molecule has 0 bridgehead atoms. The van der Waals surface area contributed by atoms with E-state index >= 15 is 0 Å². The molecule has 7 heteroatoms. The first-order valence-electron chi connectivity index (χ1n) is 12.3. The number of nitrogens with zero attached hydrogens (tertiary/aromatic N) is 5. The monoisotopic (exact) mass is 445 g/mol. The van der Waals surface area contributed by atoms with Gasteiger partial charge in [-0.1, -0.05) is 25.3 Å². The molecule has 7 nitrogen and oxygen atoms in total. The van der Waals surface area contributed by atoms with Gasteiger partial charge in [0.15, 0.2) is 0 Å². The quantitative estimate of drug-likeness (QED) is 0.633. The molecule has 1 aromatic carbocycles. The van der Waals surface area contributed by atoms with Crippen LogP contribution in [0.3, 0.4) is 0 Å². The van der Waals surface area contributed by atoms with Crippen LogP contribution in [0.4, 0.5) is 11.5 Å². The summed E-state index contributed by atoms with van der Waals surface area (Å²) in [7, 11) is 0. The van der Waals surface area contributed by atoms with Crippen LogP contribution in [0, 0.1) is 5.92 Å². The fraction of sp³-hybridized carbons (Fsp3) is 0.500. The molecule has 33 heavy (non-hydrogen) atoms. The Balaban J connectivity index is 1.36. The maximum Gasteiger partial charge on any atom is 0.129 e. The number of aromatic nitrogens is 3. The van der Waals surface area contributed by atoms with Gasteiger partial charge in [-0.25, -0.2) is 9.97 Å². The molecule has 0 spiro atoms. The van der Waals surface area contributed by atoms with Crippen LogP contribution < -0.4 is 4.90 Å². The third-order valence-corrected chi connectivity index (χ3v) is 7.69. The van der Waals surface area contributed by atoms with Crippen LogP contribution in [-0.4, -0.2) is 56.8 Å². The number of β-amino-alcohol motifs (C(OH)–C–C–N with tert-alkyl or cyclic N) is 1. The second kappa shape index (κ2) is 8.54. The highest BCUT2D eigenvalue weighted by Crippen LogP contribution is 2.40. The van der Waals surface area contributed by atoms with Crippen LogP contribution in [-0.2, 0) is 6.42 Å². The molecule has 2 aliphatic heterocycles. The highest BCUT2D eigenvalue weighted by molar-refractivity contribution is 5.91. The van der Waals surface area contributed by atoms with E-state index in [9.17, 15) is 10.2 Å². The highest BCUT2D eigenvalue weighted by atomic mass is 16.3. The molecule has 2 fully saturated rings. The van der Waals surface area contributed by atoms with Crippen LogP contribution in [0.2, 0.25) is 0 Å². The molecule has 4 heterocycles. The number of rotatable bonds is 4. The lowest BCUT2D eigenvalue weighted by Gasteiger charge is -2.36. The number of pyridine rings is 1. The summed E-state index contributed by atoms with van der Waals surface area (Å²) in [6, 6.07) is 9.23. The summed E-state index contributed by atoms with van der Waals surface area (Å²) in [5.41, 5.74) is 6.31. The molecule has 3 aliphatic rings. The largest absolute Gasteiger partial charge is 0.396 e. The smallest absolute Gasteiger partial charge is 0.129 e. The Morgan fingerprint density at radius 2 is 1.94 bits per heavy atom. The summed E-state index contributed by atoms with van der Waals surface area (Å²) >= 11 is 0. The minimum absolute atomic E-state index is 0.0270. The number of aliphatic hydroxyl groups is 2. The van der Waals surface area contributed by atoms with E-state index in [4.69, 9.17) is 9.97 Å². The predicted octanol–water partition coefficient (Wildman–Crippen LogP) is 4.04. The van der Waals surface area contributed by atoms with Gasteiger partial charge in [-0.15, -0.1) is 0 Å². The molecule has 0 amide bonds. The summed E-state index contributed by atoms with van der Waals surface area (Å²) < 4.78 is 2.37. The zero-order valence-electron chi connectivity index (χ0n) is 18.9. The van der Waals surface area contributed by atoms with E-state index in [0.29, 0.717) is 12.6 Å². The Bertz CT molecular complexity index is 1200. The molecule has 2 atom stereocenters. The van der Waals surface area contributed by atoms with Crippen molar-refractivity contribution in [1.82, 2.24) is 14.5 Å². The van der Waals surface area contributed by atoms with Crippen molar-refractivity contribution in [3.63, 3.8) is 0 Å². The Kier molecular flexibility index (Phi) is 5.38. The fourth-order valence-electron chi connectivity index (χ4n) is 5.72. The number of hydrogen-bond donors (Lipinski definition) is 2. The van der Waals surface area contributed by atoms with Crippen LogP contribution in [0.1, 0.15) is 50.3 Å². The van der Waals surface area contributed by atoms with E-state index in [1.54, 1.807) is 0 Å². The van der Waals surface area contributed by atoms with Gasteiger partial charge in [0.1, 0.15) is 5.82 Å². The molecule has 1 aliphatic carbocycles. The van der Waals surface area contributed by atoms with Crippen molar-refractivity contribution in [2.24, 2.45) is 10.9 Å². The Hall–Kier alpha value is -2.77.